The second-order valence-electron chi connectivity index (χ2n) is 6.65. The zero-order valence-electron chi connectivity index (χ0n) is 17.0. The monoisotopic (exact) mass is 530 g/mol. The van der Waals surface area contributed by atoms with E-state index in [4.69, 9.17) is 67.5 Å². The Kier molecular flexibility index (Phi) is 11.8. The molecule has 1 N–H and O–H groups in total. The minimum atomic E-state index is 0.0625. The van der Waals surface area contributed by atoms with Crippen LogP contribution in [0.4, 0.5) is 5.82 Å². The van der Waals surface area contributed by atoms with Crippen molar-refractivity contribution in [1.29, 1.82) is 0 Å². The smallest absolute Gasteiger partial charge is 0.225 e. The highest BCUT2D eigenvalue weighted by Crippen LogP contribution is 2.21. The Morgan fingerprint density at radius 3 is 1.87 bits per heavy atom. The molecule has 2 saturated heterocycles. The Balaban J connectivity index is 0.000000181. The molecule has 0 bridgehead atoms. The van der Waals surface area contributed by atoms with Gasteiger partial charge in [0.2, 0.25) is 10.6 Å². The van der Waals surface area contributed by atoms with Crippen molar-refractivity contribution in [2.75, 3.05) is 44.4 Å². The number of ether oxygens (including phenoxy) is 2. The Hall–Kier alpha value is -0.710. The van der Waals surface area contributed by atoms with Crippen molar-refractivity contribution in [2.24, 2.45) is 0 Å². The molecule has 2 aromatic heterocycles. The third kappa shape index (κ3) is 10.2. The Morgan fingerprint density at radius 2 is 1.42 bits per heavy atom. The molecule has 0 aromatic carbocycles. The molecule has 0 radical (unpaired) electrons. The van der Waals surface area contributed by atoms with Crippen molar-refractivity contribution in [1.82, 2.24) is 25.3 Å². The number of aromatic nitrogens is 4. The molecule has 2 aliphatic rings. The summed E-state index contributed by atoms with van der Waals surface area (Å²) in [6.45, 7) is 9.15. The van der Waals surface area contributed by atoms with Crippen LogP contribution >= 0.6 is 58.0 Å². The van der Waals surface area contributed by atoms with E-state index in [1.807, 2.05) is 0 Å². The standard InChI is InChI=1S/C9H11Cl2N3O.C5H11NO.C4HCl3N2/c1-6-5-15-3-2-14(6)8-4-7(10)12-9(11)13-8;1-5-4-7-3-2-6-5;5-2-1-3(6)9-4(7)8-2/h4,6H,2-3,5H2,1H3;5-6H,2-4H2,1H3;1H/t6-;5-;/m11./s1. The summed E-state index contributed by atoms with van der Waals surface area (Å²) in [7, 11) is 0. The predicted octanol–water partition coefficient (Wildman–Crippen LogP) is 4.44. The second-order valence-corrected chi connectivity index (χ2v) is 8.49. The van der Waals surface area contributed by atoms with Crippen LogP contribution in [-0.4, -0.2) is 71.5 Å². The lowest BCUT2D eigenvalue weighted by Gasteiger charge is -2.34. The number of hydrogen-bond donors (Lipinski definition) is 1. The van der Waals surface area contributed by atoms with E-state index in [0.717, 1.165) is 32.1 Å². The van der Waals surface area contributed by atoms with Gasteiger partial charge in [-0.25, -0.2) is 19.9 Å². The first kappa shape index (κ1) is 26.5. The van der Waals surface area contributed by atoms with Gasteiger partial charge in [0.1, 0.15) is 21.3 Å². The predicted molar refractivity (Wildman–Crippen MR) is 125 cm³/mol. The highest BCUT2D eigenvalue weighted by molar-refractivity contribution is 6.35. The molecule has 4 rings (SSSR count). The first-order valence-corrected chi connectivity index (χ1v) is 11.3. The third-order valence-corrected chi connectivity index (χ3v) is 4.98. The lowest BCUT2D eigenvalue weighted by Crippen LogP contribution is -2.44. The van der Waals surface area contributed by atoms with Crippen LogP contribution in [0.15, 0.2) is 12.1 Å². The van der Waals surface area contributed by atoms with E-state index in [2.05, 4.69) is 44.0 Å². The van der Waals surface area contributed by atoms with E-state index in [1.165, 1.54) is 6.07 Å². The van der Waals surface area contributed by atoms with E-state index in [0.29, 0.717) is 24.4 Å². The van der Waals surface area contributed by atoms with Crippen LogP contribution in [-0.2, 0) is 9.47 Å². The van der Waals surface area contributed by atoms with Crippen molar-refractivity contribution >= 4 is 63.8 Å². The van der Waals surface area contributed by atoms with Gasteiger partial charge in [-0.2, -0.15) is 0 Å². The molecule has 0 unspecified atom stereocenters. The Labute approximate surface area is 206 Å². The topological polar surface area (TPSA) is 85.3 Å². The molecule has 4 heterocycles. The van der Waals surface area contributed by atoms with Gasteiger partial charge in [0.05, 0.1) is 32.5 Å². The molecule has 2 fully saturated rings. The third-order valence-electron chi connectivity index (χ3n) is 4.06. The lowest BCUT2D eigenvalue weighted by molar-refractivity contribution is 0.0824. The molecular formula is C18H23Cl5N6O2. The number of nitrogens with one attached hydrogen (secondary N) is 1. The fraction of sp³-hybridized carbons (Fsp3) is 0.556. The van der Waals surface area contributed by atoms with Crippen molar-refractivity contribution in [2.45, 2.75) is 25.9 Å². The summed E-state index contributed by atoms with van der Waals surface area (Å²) in [5, 5.41) is 4.36. The molecule has 0 aliphatic carbocycles. The summed E-state index contributed by atoms with van der Waals surface area (Å²) >= 11 is 27.8. The molecule has 0 spiro atoms. The van der Waals surface area contributed by atoms with E-state index in [1.54, 1.807) is 6.07 Å². The summed E-state index contributed by atoms with van der Waals surface area (Å²) < 4.78 is 10.5. The SMILES string of the molecule is C[C@@H]1COCCN1.C[C@@H]1COCCN1c1cc(Cl)nc(Cl)n1.Clc1cc(Cl)nc(Cl)n1. The van der Waals surface area contributed by atoms with Crippen LogP contribution < -0.4 is 10.2 Å². The molecule has 13 heteroatoms. The van der Waals surface area contributed by atoms with Crippen LogP contribution in [0.1, 0.15) is 13.8 Å². The number of nitrogens with zero attached hydrogens (tertiary/aromatic N) is 5. The summed E-state index contributed by atoms with van der Waals surface area (Å²) in [6, 6.07) is 3.97. The molecule has 8 nitrogen and oxygen atoms in total. The maximum atomic E-state index is 5.82. The number of rotatable bonds is 1. The highest BCUT2D eigenvalue weighted by Gasteiger charge is 2.21. The van der Waals surface area contributed by atoms with Gasteiger partial charge >= 0.3 is 0 Å². The average molecular weight is 533 g/mol. The molecule has 172 valence electrons. The van der Waals surface area contributed by atoms with Gasteiger partial charge < -0.3 is 19.7 Å². The van der Waals surface area contributed by atoms with Gasteiger partial charge in [-0.1, -0.05) is 34.8 Å². The van der Waals surface area contributed by atoms with Crippen molar-refractivity contribution in [3.63, 3.8) is 0 Å². The largest absolute Gasteiger partial charge is 0.379 e. The van der Waals surface area contributed by atoms with E-state index >= 15 is 0 Å². The van der Waals surface area contributed by atoms with Gasteiger partial charge in [-0.05, 0) is 37.0 Å². The minimum absolute atomic E-state index is 0.0625. The quantitative estimate of drug-likeness (QED) is 0.426. The van der Waals surface area contributed by atoms with E-state index in [9.17, 15) is 0 Å². The maximum Gasteiger partial charge on any atom is 0.225 e. The van der Waals surface area contributed by atoms with Crippen molar-refractivity contribution in [3.05, 3.63) is 38.2 Å². The summed E-state index contributed by atoms with van der Waals surface area (Å²) in [6.07, 6.45) is 0. The van der Waals surface area contributed by atoms with Crippen molar-refractivity contribution < 1.29 is 9.47 Å². The normalized spacial score (nSPS) is 20.8. The van der Waals surface area contributed by atoms with Gasteiger partial charge in [-0.3, -0.25) is 0 Å². The number of halogens is 5. The van der Waals surface area contributed by atoms with Gasteiger partial charge in [-0.15, -0.1) is 0 Å². The number of anilines is 1. The Bertz CT molecular complexity index is 757. The zero-order chi connectivity index (χ0) is 22.8. The number of hydrogen-bond acceptors (Lipinski definition) is 8. The first-order valence-electron chi connectivity index (χ1n) is 9.45. The molecule has 2 aliphatic heterocycles. The van der Waals surface area contributed by atoms with Crippen LogP contribution in [0.2, 0.25) is 26.0 Å². The summed E-state index contributed by atoms with van der Waals surface area (Å²) in [5.41, 5.74) is 0. The fourth-order valence-corrected chi connectivity index (χ4v) is 3.74. The first-order chi connectivity index (χ1) is 14.7. The van der Waals surface area contributed by atoms with Gasteiger partial charge in [0.15, 0.2) is 0 Å². The van der Waals surface area contributed by atoms with E-state index < -0.39 is 0 Å². The zero-order valence-corrected chi connectivity index (χ0v) is 20.8. The molecule has 31 heavy (non-hydrogen) atoms. The number of morpholine rings is 2. The average Bonchev–Trinajstić information content (AvgIpc) is 2.68. The van der Waals surface area contributed by atoms with Gasteiger partial charge in [0, 0.05) is 31.3 Å². The summed E-state index contributed by atoms with van der Waals surface area (Å²) in [5.74, 6) is 0.760. The minimum Gasteiger partial charge on any atom is -0.379 e. The van der Waals surface area contributed by atoms with Crippen molar-refractivity contribution in [3.8, 4) is 0 Å². The molecular weight excluding hydrogens is 510 g/mol. The molecule has 2 atom stereocenters. The second kappa shape index (κ2) is 13.7. The maximum absolute atomic E-state index is 5.82. The van der Waals surface area contributed by atoms with Crippen LogP contribution in [0, 0.1) is 0 Å². The van der Waals surface area contributed by atoms with E-state index in [-0.39, 0.29) is 26.9 Å². The summed E-state index contributed by atoms with van der Waals surface area (Å²) in [4.78, 5) is 17.2. The van der Waals surface area contributed by atoms with Crippen LogP contribution in [0.5, 0.6) is 0 Å². The van der Waals surface area contributed by atoms with Crippen LogP contribution in [0.3, 0.4) is 0 Å². The van der Waals surface area contributed by atoms with Crippen LogP contribution in [0.25, 0.3) is 0 Å². The lowest BCUT2D eigenvalue weighted by atomic mass is 10.2. The molecule has 0 saturated carbocycles. The highest BCUT2D eigenvalue weighted by atomic mass is 35.5. The fourth-order valence-electron chi connectivity index (χ4n) is 2.65. The molecule has 2 aromatic rings. The van der Waals surface area contributed by atoms with Gasteiger partial charge in [0.25, 0.3) is 0 Å². The molecule has 0 amide bonds. The Morgan fingerprint density at radius 1 is 0.839 bits per heavy atom.